The van der Waals surface area contributed by atoms with E-state index in [9.17, 15) is 0 Å². The number of rotatable bonds is 4. The Bertz CT molecular complexity index is 184. The third-order valence-electron chi connectivity index (χ3n) is 1.34. The normalized spacial score (nSPS) is 13.3. The summed E-state index contributed by atoms with van der Waals surface area (Å²) in [6.45, 7) is 27.6. The fraction of sp³-hybridized carbons (Fsp3) is 1.00. The van der Waals surface area contributed by atoms with Crippen LogP contribution in [0.3, 0.4) is 0 Å². The molecule has 0 aromatic heterocycles. The van der Waals surface area contributed by atoms with E-state index in [1.165, 1.54) is 0 Å². The molecule has 116 valence electrons. The molecule has 7 heteroatoms. The Morgan fingerprint density at radius 3 is 0.474 bits per heavy atom. The quantitative estimate of drug-likeness (QED) is 0.499. The summed E-state index contributed by atoms with van der Waals surface area (Å²) in [6, 6.07) is 0. The minimum atomic E-state index is -1.11. The van der Waals surface area contributed by atoms with Crippen molar-refractivity contribution in [3.05, 3.63) is 9.30 Å². The van der Waals surface area contributed by atoms with Crippen LogP contribution in [0, 0.1) is 0 Å². The van der Waals surface area contributed by atoms with Gasteiger partial charge >= 0.3 is 21.1 Å². The van der Waals surface area contributed by atoms with Gasteiger partial charge in [-0.1, -0.05) is 112 Å². The molecule has 0 atom stereocenters. The van der Waals surface area contributed by atoms with Crippen LogP contribution in [-0.2, 0) is 21.1 Å². The van der Waals surface area contributed by atoms with Gasteiger partial charge in [-0.2, -0.15) is 0 Å². The summed E-state index contributed by atoms with van der Waals surface area (Å²) in [7, 11) is -4.42. The minimum Gasteiger partial charge on any atom is -0.668 e. The van der Waals surface area contributed by atoms with E-state index in [-0.39, 0.29) is 21.1 Å². The van der Waals surface area contributed by atoms with E-state index in [0.717, 1.165) is 0 Å². The van der Waals surface area contributed by atoms with Gasteiger partial charge in [0.15, 0.2) is 0 Å². The maximum atomic E-state index is 4.82. The third kappa shape index (κ3) is 32.8. The Hall–Kier alpha value is 1.48. The summed E-state index contributed by atoms with van der Waals surface area (Å²) in [6.07, 6.45) is 0. The molecule has 0 N–H and O–H groups in total. The third-order valence-corrected chi connectivity index (χ3v) is 12.1. The number of hydrogen-bond acceptors (Lipinski definition) is 0. The molecule has 0 unspecified atom stereocenters. The summed E-state index contributed by atoms with van der Waals surface area (Å²) in [4.78, 5) is 0. The van der Waals surface area contributed by atoms with Gasteiger partial charge < -0.3 is 9.30 Å². The Morgan fingerprint density at radius 1 is 0.368 bits per heavy atom. The molecule has 0 saturated heterocycles. The van der Waals surface area contributed by atoms with Gasteiger partial charge in [0, 0.05) is 0 Å². The fourth-order valence-electron chi connectivity index (χ4n) is 2.01. The molecule has 0 aromatic rings. The van der Waals surface area contributed by atoms with Gasteiger partial charge in [-0.25, -0.2) is 0 Å². The van der Waals surface area contributed by atoms with Crippen molar-refractivity contribution < 1.29 is 21.1 Å². The average Bonchev–Trinajstić information content (AvgIpc) is 1.64. The van der Waals surface area contributed by atoms with Crippen molar-refractivity contribution >= 4 is 32.9 Å². The van der Waals surface area contributed by atoms with Crippen LogP contribution >= 0.6 is 0 Å². The largest absolute Gasteiger partial charge is 2.00 e. The number of nitrogens with zero attached hydrogens (tertiary/aromatic N) is 2. The second kappa shape index (κ2) is 8.81. The van der Waals surface area contributed by atoms with E-state index in [4.69, 9.17) is 9.30 Å². The predicted molar refractivity (Wildman–Crippen MR) is 100 cm³/mol. The van der Waals surface area contributed by atoms with Gasteiger partial charge in [-0.15, -0.1) is 0 Å². The van der Waals surface area contributed by atoms with Crippen molar-refractivity contribution in [3.8, 4) is 0 Å². The molecule has 2 nitrogen and oxygen atoms in total. The van der Waals surface area contributed by atoms with Crippen molar-refractivity contribution in [1.29, 1.82) is 0 Å². The van der Waals surface area contributed by atoms with Crippen molar-refractivity contribution in [3.63, 3.8) is 0 Å². The molecule has 0 bridgehead atoms. The van der Waals surface area contributed by atoms with Gasteiger partial charge in [0.25, 0.3) is 0 Å². The van der Waals surface area contributed by atoms with E-state index in [0.29, 0.717) is 0 Å². The molecule has 0 spiro atoms. The maximum absolute atomic E-state index is 4.82. The summed E-state index contributed by atoms with van der Waals surface area (Å²) >= 11 is 0. The van der Waals surface area contributed by atoms with Crippen molar-refractivity contribution in [2.45, 2.75) is 78.6 Å². The fourth-order valence-corrected chi connectivity index (χ4v) is 18.1. The molecule has 0 aromatic carbocycles. The smallest absolute Gasteiger partial charge is 0.668 e. The first kappa shape index (κ1) is 25.4. The zero-order valence-electron chi connectivity index (χ0n) is 15.3. The Balaban J connectivity index is -0.000000256. The van der Waals surface area contributed by atoms with Crippen LogP contribution in [0.25, 0.3) is 9.30 Å². The molecule has 0 saturated carbocycles. The van der Waals surface area contributed by atoms with E-state index < -0.39 is 32.9 Å². The summed E-state index contributed by atoms with van der Waals surface area (Å²) in [5.41, 5.74) is 0. The Kier molecular flexibility index (Phi) is 11.8. The molecule has 0 aliphatic rings. The van der Waals surface area contributed by atoms with E-state index in [2.05, 4.69) is 78.6 Å². The van der Waals surface area contributed by atoms with Crippen LogP contribution in [0.4, 0.5) is 0 Å². The van der Waals surface area contributed by atoms with Gasteiger partial charge in [-0.05, 0) is 0 Å². The molecular weight excluding hydrogens is 380 g/mol. The van der Waals surface area contributed by atoms with Gasteiger partial charge in [0.1, 0.15) is 0 Å². The van der Waals surface area contributed by atoms with Crippen molar-refractivity contribution in [2.24, 2.45) is 0 Å². The molecule has 19 heavy (non-hydrogen) atoms. The average molecular weight is 417 g/mol. The van der Waals surface area contributed by atoms with Crippen LogP contribution < -0.4 is 0 Å². The monoisotopic (exact) mass is 418 g/mol. The van der Waals surface area contributed by atoms with Crippen LogP contribution in [-0.4, -0.2) is 32.9 Å². The van der Waals surface area contributed by atoms with E-state index >= 15 is 0 Å². The Morgan fingerprint density at radius 2 is 0.474 bits per heavy atom. The topological polar surface area (TPSA) is 28.2 Å². The zero-order chi connectivity index (χ0) is 15.4. The summed E-state index contributed by atoms with van der Waals surface area (Å²) in [5.74, 6) is 0. The van der Waals surface area contributed by atoms with Crippen LogP contribution in [0.5, 0.6) is 0 Å². The van der Waals surface area contributed by atoms with Crippen LogP contribution in [0.2, 0.25) is 78.6 Å². The molecular formula is C12H36MoN2Si4. The summed E-state index contributed by atoms with van der Waals surface area (Å²) < 4.78 is 9.64. The maximum Gasteiger partial charge on any atom is 2.00 e. The van der Waals surface area contributed by atoms with Crippen molar-refractivity contribution in [1.82, 2.24) is 0 Å². The Labute approximate surface area is 141 Å². The number of hydrogen-bond donors (Lipinski definition) is 0. The second-order valence-corrected chi connectivity index (χ2v) is 28.1. The first-order chi connectivity index (χ1) is 7.41. The molecule has 0 aliphatic carbocycles. The second-order valence-electron chi connectivity index (χ2n) is 8.91. The molecule has 0 radical (unpaired) electrons. The molecule has 0 amide bonds. The van der Waals surface area contributed by atoms with Gasteiger partial charge in [-0.3, -0.25) is 0 Å². The zero-order valence-corrected chi connectivity index (χ0v) is 21.3. The van der Waals surface area contributed by atoms with E-state index in [1.54, 1.807) is 0 Å². The van der Waals surface area contributed by atoms with Crippen LogP contribution in [0.1, 0.15) is 0 Å². The SMILES string of the molecule is C[Si](C)(C)[N-][Si](C)(C)C.C[Si](C)(C)[N-][Si](C)(C)C.[Mo+2]. The van der Waals surface area contributed by atoms with Gasteiger partial charge in [0.05, 0.1) is 0 Å². The minimum absolute atomic E-state index is 0. The standard InChI is InChI=1S/2C6H18NSi2.Mo/c2*1-8(2,3)7-9(4,5)6;/h2*1-6H3;/q2*-1;+2. The van der Waals surface area contributed by atoms with Crippen molar-refractivity contribution in [2.75, 3.05) is 0 Å². The summed E-state index contributed by atoms with van der Waals surface area (Å²) in [5, 5.41) is 0. The van der Waals surface area contributed by atoms with Gasteiger partial charge in [0.2, 0.25) is 0 Å². The predicted octanol–water partition coefficient (Wildman–Crippen LogP) is 6.06. The molecule has 0 fully saturated rings. The van der Waals surface area contributed by atoms with E-state index in [1.807, 2.05) is 0 Å². The van der Waals surface area contributed by atoms with Crippen LogP contribution in [0.15, 0.2) is 0 Å². The molecule has 0 rings (SSSR count). The first-order valence-electron chi connectivity index (χ1n) is 6.89. The first-order valence-corrected chi connectivity index (χ1v) is 20.7. The molecule has 0 aliphatic heterocycles. The molecule has 0 heterocycles.